The molecule has 0 spiro atoms. The topological polar surface area (TPSA) is 58.6 Å². The summed E-state index contributed by atoms with van der Waals surface area (Å²) in [7, 11) is 0. The molecule has 1 aromatic rings. The highest BCUT2D eigenvalue weighted by Crippen LogP contribution is 2.28. The Hall–Kier alpha value is -1.76. The van der Waals surface area contributed by atoms with E-state index in [9.17, 15) is 18.0 Å². The van der Waals surface area contributed by atoms with E-state index in [0.29, 0.717) is 0 Å². The Labute approximate surface area is 121 Å². The molecule has 0 unspecified atom stereocenters. The van der Waals surface area contributed by atoms with Crippen LogP contribution in [0.1, 0.15) is 26.3 Å². The molecule has 4 nitrogen and oxygen atoms in total. The van der Waals surface area contributed by atoms with Gasteiger partial charge >= 0.3 is 12.3 Å². The van der Waals surface area contributed by atoms with Gasteiger partial charge in [0.1, 0.15) is 5.60 Å². The number of aliphatic hydroxyl groups excluding tert-OH is 1. The summed E-state index contributed by atoms with van der Waals surface area (Å²) in [6, 6.07) is 6.36. The number of alkyl halides is 3. The molecule has 21 heavy (non-hydrogen) atoms. The van der Waals surface area contributed by atoms with Crippen molar-refractivity contribution in [2.75, 3.05) is 13.2 Å². The lowest BCUT2D eigenvalue weighted by atomic mass is 10.2. The normalized spacial score (nSPS) is 11.2. The fourth-order valence-electron chi connectivity index (χ4n) is 1.10. The van der Waals surface area contributed by atoms with Crippen LogP contribution in [-0.4, -0.2) is 30.0 Å². The van der Waals surface area contributed by atoms with Crippen molar-refractivity contribution < 1.29 is 27.8 Å². The van der Waals surface area contributed by atoms with Gasteiger partial charge in [-0.2, -0.15) is 13.2 Å². The number of carbonyl (C=O) groups is 1. The van der Waals surface area contributed by atoms with Crippen LogP contribution in [0.25, 0.3) is 0 Å². The van der Waals surface area contributed by atoms with Gasteiger partial charge in [-0.3, -0.25) is 0 Å². The average Bonchev–Trinajstić information content (AvgIpc) is 2.35. The van der Waals surface area contributed by atoms with E-state index in [-0.39, 0.29) is 13.2 Å². The molecular formula is C14H20F3NO3. The predicted molar refractivity (Wildman–Crippen MR) is 72.8 cm³/mol. The Morgan fingerprint density at radius 1 is 1.19 bits per heavy atom. The monoisotopic (exact) mass is 307 g/mol. The third-order valence-corrected chi connectivity index (χ3v) is 1.88. The Morgan fingerprint density at radius 2 is 1.71 bits per heavy atom. The molecule has 0 aliphatic heterocycles. The third-order valence-electron chi connectivity index (χ3n) is 1.88. The number of hydrogen-bond acceptors (Lipinski definition) is 3. The third kappa shape index (κ3) is 10.7. The van der Waals surface area contributed by atoms with Gasteiger partial charge in [0.05, 0.1) is 12.2 Å². The van der Waals surface area contributed by atoms with Crippen molar-refractivity contribution in [2.24, 2.45) is 0 Å². The molecule has 0 aliphatic carbocycles. The highest BCUT2D eigenvalue weighted by Gasteiger charge is 2.29. The molecule has 0 heterocycles. The highest BCUT2D eigenvalue weighted by atomic mass is 19.4. The summed E-state index contributed by atoms with van der Waals surface area (Å²) in [6.45, 7) is 5.51. The number of halogens is 3. The van der Waals surface area contributed by atoms with Gasteiger partial charge in [0, 0.05) is 6.54 Å². The van der Waals surface area contributed by atoms with Gasteiger partial charge in [0.15, 0.2) is 0 Å². The predicted octanol–water partition coefficient (Wildman–Crippen LogP) is 3.21. The van der Waals surface area contributed by atoms with Gasteiger partial charge in [0.25, 0.3) is 0 Å². The fourth-order valence-corrected chi connectivity index (χ4v) is 1.10. The molecule has 2 N–H and O–H groups in total. The molecule has 0 aromatic heterocycles. The number of hydrogen-bond donors (Lipinski definition) is 2. The summed E-state index contributed by atoms with van der Waals surface area (Å²) in [4.78, 5) is 10.8. The zero-order chi connectivity index (χ0) is 16.5. The average molecular weight is 307 g/mol. The zero-order valence-electron chi connectivity index (χ0n) is 12.2. The summed E-state index contributed by atoms with van der Waals surface area (Å²) in [6.07, 6.45) is -4.70. The molecule has 0 saturated heterocycles. The van der Waals surface area contributed by atoms with E-state index in [2.05, 4.69) is 5.32 Å². The smallest absolute Gasteiger partial charge is 0.416 e. The van der Waals surface area contributed by atoms with Crippen LogP contribution in [0.4, 0.5) is 18.0 Å². The number of rotatable bonds is 2. The molecule has 0 radical (unpaired) electrons. The van der Waals surface area contributed by atoms with Gasteiger partial charge < -0.3 is 15.2 Å². The van der Waals surface area contributed by atoms with Crippen molar-refractivity contribution in [1.29, 1.82) is 0 Å². The second kappa shape index (κ2) is 8.51. The van der Waals surface area contributed by atoms with Crippen LogP contribution in [0.15, 0.2) is 30.3 Å². The van der Waals surface area contributed by atoms with E-state index in [1.54, 1.807) is 26.8 Å². The number of nitrogens with one attached hydrogen (secondary N) is 1. The Kier molecular flexibility index (Phi) is 7.80. The van der Waals surface area contributed by atoms with E-state index in [1.165, 1.54) is 12.1 Å². The largest absolute Gasteiger partial charge is 0.444 e. The van der Waals surface area contributed by atoms with Crippen molar-refractivity contribution in [3.8, 4) is 0 Å². The Morgan fingerprint density at radius 3 is 2.05 bits per heavy atom. The SMILES string of the molecule is CC(C)(C)OC(=O)NCCO.FC(F)(F)c1ccccc1. The van der Waals surface area contributed by atoms with Gasteiger partial charge in [0.2, 0.25) is 0 Å². The lowest BCUT2D eigenvalue weighted by Gasteiger charge is -2.19. The van der Waals surface area contributed by atoms with Crippen LogP contribution in [-0.2, 0) is 10.9 Å². The first-order valence-electron chi connectivity index (χ1n) is 6.26. The highest BCUT2D eigenvalue weighted by molar-refractivity contribution is 5.67. The molecule has 0 atom stereocenters. The number of alkyl carbamates (subject to hydrolysis) is 1. The van der Waals surface area contributed by atoms with Crippen molar-refractivity contribution in [3.63, 3.8) is 0 Å². The van der Waals surface area contributed by atoms with Crippen molar-refractivity contribution in [2.45, 2.75) is 32.5 Å². The number of carbonyl (C=O) groups excluding carboxylic acids is 1. The minimum absolute atomic E-state index is 0.0702. The molecule has 1 aromatic carbocycles. The summed E-state index contributed by atoms with van der Waals surface area (Å²) in [5.41, 5.74) is -1.07. The first kappa shape index (κ1) is 19.2. The van der Waals surface area contributed by atoms with Crippen LogP contribution >= 0.6 is 0 Å². The minimum atomic E-state index is -4.21. The van der Waals surface area contributed by atoms with Crippen LogP contribution in [0.2, 0.25) is 0 Å². The van der Waals surface area contributed by atoms with Crippen molar-refractivity contribution >= 4 is 6.09 Å². The van der Waals surface area contributed by atoms with Gasteiger partial charge in [-0.25, -0.2) is 4.79 Å². The second-order valence-corrected chi connectivity index (χ2v) is 5.02. The lowest BCUT2D eigenvalue weighted by molar-refractivity contribution is -0.137. The van der Waals surface area contributed by atoms with Crippen LogP contribution < -0.4 is 5.32 Å². The molecule has 1 rings (SSSR count). The molecule has 0 bridgehead atoms. The maximum absolute atomic E-state index is 11.8. The van der Waals surface area contributed by atoms with Gasteiger partial charge in [-0.05, 0) is 20.8 Å². The summed E-state index contributed by atoms with van der Waals surface area (Å²) in [5, 5.41) is 10.7. The van der Waals surface area contributed by atoms with Crippen LogP contribution in [0, 0.1) is 0 Å². The van der Waals surface area contributed by atoms with E-state index in [0.717, 1.165) is 12.1 Å². The number of amides is 1. The quantitative estimate of drug-likeness (QED) is 0.882. The molecule has 1 amide bonds. The first-order chi connectivity index (χ1) is 9.56. The zero-order valence-corrected chi connectivity index (χ0v) is 12.2. The maximum Gasteiger partial charge on any atom is 0.416 e. The van der Waals surface area contributed by atoms with Gasteiger partial charge in [-0.1, -0.05) is 30.3 Å². The number of aliphatic hydroxyl groups is 1. The molecule has 120 valence electrons. The summed E-state index contributed by atoms with van der Waals surface area (Å²) < 4.78 is 40.2. The standard InChI is InChI=1S/C7H5F3.C7H15NO3/c8-7(9,10)6-4-2-1-3-5-6;1-7(2,3)11-6(10)8-4-5-9/h1-5H;9H,4-5H2,1-3H3,(H,8,10). The maximum atomic E-state index is 11.8. The molecule has 7 heteroatoms. The molecule has 0 fully saturated rings. The summed E-state index contributed by atoms with van der Waals surface area (Å²) in [5.74, 6) is 0. The summed E-state index contributed by atoms with van der Waals surface area (Å²) >= 11 is 0. The lowest BCUT2D eigenvalue weighted by Crippen LogP contribution is -2.33. The van der Waals surface area contributed by atoms with E-state index in [1.807, 2.05) is 0 Å². The second-order valence-electron chi connectivity index (χ2n) is 5.02. The van der Waals surface area contributed by atoms with E-state index < -0.39 is 23.4 Å². The van der Waals surface area contributed by atoms with Gasteiger partial charge in [-0.15, -0.1) is 0 Å². The van der Waals surface area contributed by atoms with E-state index >= 15 is 0 Å². The van der Waals surface area contributed by atoms with E-state index in [4.69, 9.17) is 9.84 Å². The first-order valence-corrected chi connectivity index (χ1v) is 6.26. The van der Waals surface area contributed by atoms with Crippen LogP contribution in [0.3, 0.4) is 0 Å². The molecule has 0 aliphatic rings. The van der Waals surface area contributed by atoms with Crippen molar-refractivity contribution in [1.82, 2.24) is 5.32 Å². The number of ether oxygens (including phenoxy) is 1. The minimum Gasteiger partial charge on any atom is -0.444 e. The number of benzene rings is 1. The molecule has 0 saturated carbocycles. The fraction of sp³-hybridized carbons (Fsp3) is 0.500. The van der Waals surface area contributed by atoms with Crippen molar-refractivity contribution in [3.05, 3.63) is 35.9 Å². The molecular weight excluding hydrogens is 287 g/mol. The Balaban J connectivity index is 0.000000382. The van der Waals surface area contributed by atoms with Crippen LogP contribution in [0.5, 0.6) is 0 Å². The Bertz CT molecular complexity index is 414.